The molecule has 1 aromatic rings. The molecule has 2 atom stereocenters. The van der Waals surface area contributed by atoms with Gasteiger partial charge in [0.1, 0.15) is 6.04 Å². The van der Waals surface area contributed by atoms with E-state index in [1.807, 2.05) is 25.1 Å². The summed E-state index contributed by atoms with van der Waals surface area (Å²) in [5.41, 5.74) is 6.23. The number of carboxylic acid groups (broad SMARTS) is 1. The number of carbonyl (C=O) groups is 1. The van der Waals surface area contributed by atoms with Gasteiger partial charge < -0.3 is 16.2 Å². The van der Waals surface area contributed by atoms with Crippen molar-refractivity contribution in [1.82, 2.24) is 10.3 Å². The van der Waals surface area contributed by atoms with Crippen LogP contribution in [0.1, 0.15) is 18.7 Å². The van der Waals surface area contributed by atoms with Crippen LogP contribution in [-0.4, -0.2) is 28.6 Å². The van der Waals surface area contributed by atoms with Gasteiger partial charge in [-0.1, -0.05) is 6.07 Å². The molecule has 2 unspecified atom stereocenters. The summed E-state index contributed by atoms with van der Waals surface area (Å²) < 4.78 is 0. The molecule has 5 heteroatoms. The van der Waals surface area contributed by atoms with E-state index in [-0.39, 0.29) is 12.6 Å². The molecule has 1 rings (SSSR count). The Balaban J connectivity index is 2.43. The van der Waals surface area contributed by atoms with Gasteiger partial charge >= 0.3 is 5.97 Å². The first-order valence-electron chi connectivity index (χ1n) is 4.74. The number of nitrogens with zero attached hydrogens (tertiary/aromatic N) is 1. The van der Waals surface area contributed by atoms with Crippen molar-refractivity contribution in [3.8, 4) is 0 Å². The van der Waals surface area contributed by atoms with Crippen molar-refractivity contribution in [2.75, 3.05) is 6.54 Å². The van der Waals surface area contributed by atoms with E-state index >= 15 is 0 Å². The number of aliphatic carboxylic acids is 1. The van der Waals surface area contributed by atoms with Crippen molar-refractivity contribution in [3.05, 3.63) is 30.1 Å². The average molecular weight is 209 g/mol. The third-order valence-corrected chi connectivity index (χ3v) is 2.09. The summed E-state index contributed by atoms with van der Waals surface area (Å²) in [6, 6.07) is 4.72. The molecule has 0 aliphatic carbocycles. The molecule has 0 radical (unpaired) electrons. The molecule has 0 saturated heterocycles. The summed E-state index contributed by atoms with van der Waals surface area (Å²) in [6.07, 6.45) is 1.70. The first-order valence-corrected chi connectivity index (χ1v) is 4.74. The number of rotatable bonds is 5. The fourth-order valence-corrected chi connectivity index (χ4v) is 1.13. The third kappa shape index (κ3) is 3.65. The third-order valence-electron chi connectivity index (χ3n) is 2.09. The zero-order chi connectivity index (χ0) is 11.3. The number of hydrogen-bond acceptors (Lipinski definition) is 4. The summed E-state index contributed by atoms with van der Waals surface area (Å²) in [7, 11) is 0. The van der Waals surface area contributed by atoms with Gasteiger partial charge in [0.05, 0.1) is 5.69 Å². The number of aromatic nitrogens is 1. The van der Waals surface area contributed by atoms with Gasteiger partial charge in [-0.3, -0.25) is 9.78 Å². The molecule has 1 heterocycles. The molecular weight excluding hydrogens is 194 g/mol. The van der Waals surface area contributed by atoms with Crippen LogP contribution in [0, 0.1) is 0 Å². The number of carboxylic acids is 1. The normalized spacial score (nSPS) is 14.5. The minimum Gasteiger partial charge on any atom is -0.480 e. The Morgan fingerprint density at radius 3 is 2.93 bits per heavy atom. The maximum Gasteiger partial charge on any atom is 0.321 e. The largest absolute Gasteiger partial charge is 0.480 e. The average Bonchev–Trinajstić information content (AvgIpc) is 2.26. The molecule has 0 saturated carbocycles. The lowest BCUT2D eigenvalue weighted by Gasteiger charge is -2.14. The highest BCUT2D eigenvalue weighted by Crippen LogP contribution is 2.06. The van der Waals surface area contributed by atoms with E-state index in [0.717, 1.165) is 5.69 Å². The van der Waals surface area contributed by atoms with Crippen molar-refractivity contribution in [2.45, 2.75) is 19.0 Å². The Morgan fingerprint density at radius 2 is 2.40 bits per heavy atom. The Morgan fingerprint density at radius 1 is 1.67 bits per heavy atom. The van der Waals surface area contributed by atoms with Crippen LogP contribution in [0.15, 0.2) is 24.4 Å². The van der Waals surface area contributed by atoms with E-state index in [1.165, 1.54) is 0 Å². The van der Waals surface area contributed by atoms with Crippen LogP contribution in [0.3, 0.4) is 0 Å². The highest BCUT2D eigenvalue weighted by Gasteiger charge is 2.13. The van der Waals surface area contributed by atoms with Crippen molar-refractivity contribution in [2.24, 2.45) is 5.73 Å². The van der Waals surface area contributed by atoms with Gasteiger partial charge in [0.2, 0.25) is 0 Å². The maximum absolute atomic E-state index is 10.5. The van der Waals surface area contributed by atoms with E-state index in [2.05, 4.69) is 10.3 Å². The molecule has 4 N–H and O–H groups in total. The fourth-order valence-electron chi connectivity index (χ4n) is 1.13. The Bertz CT molecular complexity index is 316. The maximum atomic E-state index is 10.5. The standard InChI is InChI=1S/C10H15N3O2/c1-7(9-4-2-3-5-12-9)13-6-8(11)10(14)15/h2-5,7-8,13H,6,11H2,1H3,(H,14,15). The zero-order valence-electron chi connectivity index (χ0n) is 8.55. The van der Waals surface area contributed by atoms with Gasteiger partial charge in [-0.05, 0) is 19.1 Å². The number of hydrogen-bond donors (Lipinski definition) is 3. The van der Waals surface area contributed by atoms with Gasteiger partial charge in [0, 0.05) is 18.8 Å². The molecule has 0 aliphatic heterocycles. The monoisotopic (exact) mass is 209 g/mol. The molecule has 0 fully saturated rings. The predicted molar refractivity (Wildman–Crippen MR) is 56.3 cm³/mol. The minimum atomic E-state index is -1.00. The van der Waals surface area contributed by atoms with Gasteiger partial charge in [-0.15, -0.1) is 0 Å². The lowest BCUT2D eigenvalue weighted by Crippen LogP contribution is -2.41. The molecule has 0 bridgehead atoms. The Hall–Kier alpha value is -1.46. The molecule has 0 spiro atoms. The lowest BCUT2D eigenvalue weighted by molar-refractivity contribution is -0.138. The van der Waals surface area contributed by atoms with Gasteiger partial charge in [0.15, 0.2) is 0 Å². The Labute approximate surface area is 88.3 Å². The number of nitrogens with one attached hydrogen (secondary N) is 1. The van der Waals surface area contributed by atoms with Crippen LogP contribution in [-0.2, 0) is 4.79 Å². The first kappa shape index (κ1) is 11.6. The lowest BCUT2D eigenvalue weighted by atomic mass is 10.2. The van der Waals surface area contributed by atoms with Gasteiger partial charge in [0.25, 0.3) is 0 Å². The molecule has 15 heavy (non-hydrogen) atoms. The number of pyridine rings is 1. The summed E-state index contributed by atoms with van der Waals surface area (Å²) in [5, 5.41) is 11.6. The topological polar surface area (TPSA) is 88.2 Å². The molecule has 5 nitrogen and oxygen atoms in total. The van der Waals surface area contributed by atoms with Crippen LogP contribution in [0.4, 0.5) is 0 Å². The minimum absolute atomic E-state index is 0.00315. The summed E-state index contributed by atoms with van der Waals surface area (Å²) >= 11 is 0. The molecule has 82 valence electrons. The fraction of sp³-hybridized carbons (Fsp3) is 0.400. The van der Waals surface area contributed by atoms with E-state index in [1.54, 1.807) is 6.20 Å². The number of nitrogens with two attached hydrogens (primary N) is 1. The highest BCUT2D eigenvalue weighted by atomic mass is 16.4. The van der Waals surface area contributed by atoms with E-state index < -0.39 is 12.0 Å². The molecule has 0 aromatic carbocycles. The molecule has 0 aliphatic rings. The van der Waals surface area contributed by atoms with Crippen molar-refractivity contribution in [1.29, 1.82) is 0 Å². The second-order valence-electron chi connectivity index (χ2n) is 3.33. The SMILES string of the molecule is CC(NCC(N)C(=O)O)c1ccccn1. The van der Waals surface area contributed by atoms with Crippen LogP contribution in [0.2, 0.25) is 0 Å². The zero-order valence-corrected chi connectivity index (χ0v) is 8.55. The highest BCUT2D eigenvalue weighted by molar-refractivity contribution is 5.73. The second kappa shape index (κ2) is 5.43. The van der Waals surface area contributed by atoms with Gasteiger partial charge in [-0.25, -0.2) is 0 Å². The van der Waals surface area contributed by atoms with Crippen molar-refractivity contribution >= 4 is 5.97 Å². The molecular formula is C10H15N3O2. The second-order valence-corrected chi connectivity index (χ2v) is 3.33. The summed E-state index contributed by atoms with van der Waals surface area (Å²) in [6.45, 7) is 2.14. The van der Waals surface area contributed by atoms with Crippen LogP contribution in [0.25, 0.3) is 0 Å². The van der Waals surface area contributed by atoms with Crippen molar-refractivity contribution < 1.29 is 9.90 Å². The van der Waals surface area contributed by atoms with E-state index in [0.29, 0.717) is 0 Å². The summed E-state index contributed by atoms with van der Waals surface area (Å²) in [5.74, 6) is -1.00. The smallest absolute Gasteiger partial charge is 0.321 e. The molecule has 1 aromatic heterocycles. The van der Waals surface area contributed by atoms with Crippen molar-refractivity contribution in [3.63, 3.8) is 0 Å². The van der Waals surface area contributed by atoms with Crippen LogP contribution >= 0.6 is 0 Å². The summed E-state index contributed by atoms with van der Waals surface area (Å²) in [4.78, 5) is 14.6. The van der Waals surface area contributed by atoms with E-state index in [4.69, 9.17) is 10.8 Å². The Kier molecular flexibility index (Phi) is 4.20. The van der Waals surface area contributed by atoms with E-state index in [9.17, 15) is 4.79 Å². The van der Waals surface area contributed by atoms with Crippen LogP contribution in [0.5, 0.6) is 0 Å². The predicted octanol–water partition coefficient (Wildman–Crippen LogP) is 0.144. The quantitative estimate of drug-likeness (QED) is 0.642. The van der Waals surface area contributed by atoms with Crippen LogP contribution < -0.4 is 11.1 Å². The van der Waals surface area contributed by atoms with Gasteiger partial charge in [-0.2, -0.15) is 0 Å². The first-order chi connectivity index (χ1) is 7.11. The molecule has 0 amide bonds.